The molecule has 7 nitrogen and oxygen atoms in total. The Bertz CT molecular complexity index is 1420. The Kier molecular flexibility index (Phi) is 5.86. The number of nitrogens with zero attached hydrogens (tertiary/aromatic N) is 4. The van der Waals surface area contributed by atoms with Gasteiger partial charge in [-0.1, -0.05) is 34.1 Å². The SMILES string of the molecule is Cc1nn(-c2ccc(Br)cc2)c2sc(C(=O)N3CCN(S(=O)(=O)c4ccccc4)CC3)cc12. The first-order valence-corrected chi connectivity index (χ1v) is 13.5. The number of carbonyl (C=O) groups is 1. The van der Waals surface area contributed by atoms with E-state index >= 15 is 0 Å². The van der Waals surface area contributed by atoms with Crippen LogP contribution in [0.2, 0.25) is 0 Å². The number of aryl methyl sites for hydroxylation is 1. The van der Waals surface area contributed by atoms with Crippen LogP contribution in [0.25, 0.3) is 15.9 Å². The number of thiophene rings is 1. The van der Waals surface area contributed by atoms with Crippen molar-refractivity contribution >= 4 is 53.4 Å². The number of piperazine rings is 1. The van der Waals surface area contributed by atoms with Crippen molar-refractivity contribution in [3.05, 3.63) is 75.7 Å². The van der Waals surface area contributed by atoms with Crippen molar-refractivity contribution in [3.8, 4) is 5.69 Å². The standard InChI is InChI=1S/C23H21BrN4O3S2/c1-16-20-15-21(32-23(20)28(25-16)18-9-7-17(24)8-10-18)22(29)26-11-13-27(14-12-26)33(30,31)19-5-3-2-4-6-19/h2-10,15H,11-14H2,1H3. The van der Waals surface area contributed by atoms with Crippen LogP contribution < -0.4 is 0 Å². The summed E-state index contributed by atoms with van der Waals surface area (Å²) in [6.07, 6.45) is 0. The summed E-state index contributed by atoms with van der Waals surface area (Å²) in [5, 5.41) is 5.60. The Labute approximate surface area is 204 Å². The number of aromatic nitrogens is 2. The van der Waals surface area contributed by atoms with E-state index in [2.05, 4.69) is 21.0 Å². The highest BCUT2D eigenvalue weighted by Crippen LogP contribution is 2.32. The number of halogens is 1. The van der Waals surface area contributed by atoms with Crippen LogP contribution in [-0.4, -0.2) is 59.5 Å². The third-order valence-corrected chi connectivity index (χ3v) is 9.27. The van der Waals surface area contributed by atoms with Crippen molar-refractivity contribution in [1.29, 1.82) is 0 Å². The fraction of sp³-hybridized carbons (Fsp3) is 0.217. The maximum Gasteiger partial charge on any atom is 0.264 e. The summed E-state index contributed by atoms with van der Waals surface area (Å²) in [7, 11) is -3.55. The van der Waals surface area contributed by atoms with E-state index in [4.69, 9.17) is 0 Å². The molecule has 1 aliphatic heterocycles. The van der Waals surface area contributed by atoms with Crippen molar-refractivity contribution < 1.29 is 13.2 Å². The second kappa shape index (κ2) is 8.68. The van der Waals surface area contributed by atoms with Crippen LogP contribution in [0.15, 0.2) is 70.0 Å². The van der Waals surface area contributed by atoms with E-state index in [0.29, 0.717) is 18.0 Å². The van der Waals surface area contributed by atoms with Crippen molar-refractivity contribution in [3.63, 3.8) is 0 Å². The number of fused-ring (bicyclic) bond motifs is 1. The summed E-state index contributed by atoms with van der Waals surface area (Å²) in [5.41, 5.74) is 1.79. The van der Waals surface area contributed by atoms with E-state index in [1.165, 1.54) is 15.6 Å². The molecule has 0 N–H and O–H groups in total. The number of hydrogen-bond donors (Lipinski definition) is 0. The molecule has 1 fully saturated rings. The first kappa shape index (κ1) is 22.3. The zero-order valence-corrected chi connectivity index (χ0v) is 21.0. The lowest BCUT2D eigenvalue weighted by Gasteiger charge is -2.33. The highest BCUT2D eigenvalue weighted by molar-refractivity contribution is 9.10. The van der Waals surface area contributed by atoms with Crippen LogP contribution in [-0.2, 0) is 10.0 Å². The van der Waals surface area contributed by atoms with E-state index in [1.807, 2.05) is 41.9 Å². The van der Waals surface area contributed by atoms with Crippen molar-refractivity contribution in [2.75, 3.05) is 26.2 Å². The van der Waals surface area contributed by atoms with Crippen LogP contribution >= 0.6 is 27.3 Å². The molecule has 0 unspecified atom stereocenters. The van der Waals surface area contributed by atoms with Crippen molar-refractivity contribution in [2.24, 2.45) is 0 Å². The van der Waals surface area contributed by atoms with Gasteiger partial charge in [0.25, 0.3) is 5.91 Å². The Balaban J connectivity index is 1.35. The maximum absolute atomic E-state index is 13.2. The van der Waals surface area contributed by atoms with Crippen LogP contribution in [0.3, 0.4) is 0 Å². The van der Waals surface area contributed by atoms with Crippen molar-refractivity contribution in [1.82, 2.24) is 19.0 Å². The first-order valence-electron chi connectivity index (χ1n) is 10.4. The molecule has 2 aromatic carbocycles. The normalized spacial score (nSPS) is 15.3. The second-order valence-corrected chi connectivity index (χ2v) is 11.7. The number of benzene rings is 2. The monoisotopic (exact) mass is 544 g/mol. The van der Waals surface area contributed by atoms with Gasteiger partial charge in [-0.2, -0.15) is 9.40 Å². The number of carbonyl (C=O) groups excluding carboxylic acids is 1. The number of sulfonamides is 1. The molecule has 0 aliphatic carbocycles. The van der Waals surface area contributed by atoms with E-state index < -0.39 is 10.0 Å². The van der Waals surface area contributed by atoms with Gasteiger partial charge in [0.15, 0.2) is 0 Å². The Morgan fingerprint density at radius 3 is 2.33 bits per heavy atom. The van der Waals surface area contributed by atoms with Gasteiger partial charge in [0, 0.05) is 36.0 Å². The van der Waals surface area contributed by atoms with Gasteiger partial charge in [0.1, 0.15) is 4.83 Å². The van der Waals surface area contributed by atoms with E-state index in [9.17, 15) is 13.2 Å². The zero-order valence-electron chi connectivity index (χ0n) is 17.8. The summed E-state index contributed by atoms with van der Waals surface area (Å²) in [6, 6.07) is 18.2. The topological polar surface area (TPSA) is 75.5 Å². The lowest BCUT2D eigenvalue weighted by molar-refractivity contribution is 0.0703. The lowest BCUT2D eigenvalue weighted by atomic mass is 10.2. The summed E-state index contributed by atoms with van der Waals surface area (Å²) in [5.74, 6) is -0.0743. The predicted molar refractivity (Wildman–Crippen MR) is 132 cm³/mol. The third kappa shape index (κ3) is 4.12. The zero-order chi connectivity index (χ0) is 23.2. The van der Waals surface area contributed by atoms with E-state index in [1.54, 1.807) is 35.2 Å². The molecule has 0 spiro atoms. The largest absolute Gasteiger partial charge is 0.335 e. The molecule has 10 heteroatoms. The summed E-state index contributed by atoms with van der Waals surface area (Å²) in [6.45, 7) is 3.21. The molecule has 2 aromatic heterocycles. The third-order valence-electron chi connectivity index (χ3n) is 5.73. The second-order valence-electron chi connectivity index (χ2n) is 7.81. The fourth-order valence-corrected chi connectivity index (χ4v) is 6.80. The van der Waals surface area contributed by atoms with Crippen LogP contribution in [0.5, 0.6) is 0 Å². The van der Waals surface area contributed by atoms with E-state index in [-0.39, 0.29) is 23.9 Å². The van der Waals surface area contributed by atoms with E-state index in [0.717, 1.165) is 26.1 Å². The molecule has 3 heterocycles. The van der Waals surface area contributed by atoms with Gasteiger partial charge in [0.2, 0.25) is 10.0 Å². The summed E-state index contributed by atoms with van der Waals surface area (Å²) < 4.78 is 30.0. The minimum Gasteiger partial charge on any atom is -0.335 e. The molecule has 0 saturated carbocycles. The predicted octanol–water partition coefficient (Wildman–Crippen LogP) is 4.30. The molecule has 0 radical (unpaired) electrons. The minimum atomic E-state index is -3.55. The van der Waals surface area contributed by atoms with Gasteiger partial charge in [-0.3, -0.25) is 4.79 Å². The van der Waals surface area contributed by atoms with Gasteiger partial charge in [0.05, 0.1) is 21.2 Å². The minimum absolute atomic E-state index is 0.0743. The average molecular weight is 545 g/mol. The number of rotatable bonds is 4. The molecule has 33 heavy (non-hydrogen) atoms. The summed E-state index contributed by atoms with van der Waals surface area (Å²) >= 11 is 4.87. The smallest absolute Gasteiger partial charge is 0.264 e. The Hall–Kier alpha value is -2.53. The quantitative estimate of drug-likeness (QED) is 0.383. The molecule has 5 rings (SSSR count). The van der Waals surface area contributed by atoms with Gasteiger partial charge >= 0.3 is 0 Å². The van der Waals surface area contributed by atoms with Gasteiger partial charge in [-0.25, -0.2) is 13.1 Å². The molecule has 170 valence electrons. The van der Waals surface area contributed by atoms with Gasteiger partial charge in [-0.15, -0.1) is 11.3 Å². The Morgan fingerprint density at radius 2 is 1.67 bits per heavy atom. The first-order chi connectivity index (χ1) is 15.8. The van der Waals surface area contributed by atoms with Gasteiger partial charge in [-0.05, 0) is 49.4 Å². The molecule has 1 amide bonds. The molecular weight excluding hydrogens is 524 g/mol. The average Bonchev–Trinajstić information content (AvgIpc) is 3.40. The Morgan fingerprint density at radius 1 is 1.00 bits per heavy atom. The van der Waals surface area contributed by atoms with Gasteiger partial charge < -0.3 is 4.90 Å². The number of amides is 1. The molecular formula is C23H21BrN4O3S2. The van der Waals surface area contributed by atoms with Crippen LogP contribution in [0, 0.1) is 6.92 Å². The van der Waals surface area contributed by atoms with Crippen LogP contribution in [0.1, 0.15) is 15.4 Å². The highest BCUT2D eigenvalue weighted by atomic mass is 79.9. The number of hydrogen-bond acceptors (Lipinski definition) is 5. The molecule has 0 bridgehead atoms. The molecule has 0 atom stereocenters. The summed E-state index contributed by atoms with van der Waals surface area (Å²) in [4.78, 5) is 16.8. The maximum atomic E-state index is 13.2. The van der Waals surface area contributed by atoms with Crippen LogP contribution in [0.4, 0.5) is 0 Å². The fourth-order valence-electron chi connectivity index (χ4n) is 3.94. The highest BCUT2D eigenvalue weighted by Gasteiger charge is 2.31. The van der Waals surface area contributed by atoms with Crippen molar-refractivity contribution in [2.45, 2.75) is 11.8 Å². The molecule has 1 saturated heterocycles. The molecule has 4 aromatic rings. The lowest BCUT2D eigenvalue weighted by Crippen LogP contribution is -2.50. The molecule has 1 aliphatic rings.